The Balaban J connectivity index is 1.54. The normalized spacial score (nSPS) is 11.7. The van der Waals surface area contributed by atoms with Crippen LogP contribution in [0.3, 0.4) is 0 Å². The van der Waals surface area contributed by atoms with Gasteiger partial charge in [0.15, 0.2) is 0 Å². The standard InChI is InChI=1S/C34H28Si/c1-3-15-33(16-4-1)35(34-17-5-2-6-18-34,25-27-19-21-29-11-7-9-13-31(29)23-27)26-28-20-22-30-12-8-10-14-32(30)24-28/h1-24H,25-26H2. The second-order valence-corrected chi connectivity index (χ2v) is 13.6. The van der Waals surface area contributed by atoms with Gasteiger partial charge >= 0.3 is 0 Å². The second-order valence-electron chi connectivity index (χ2n) is 9.53. The SMILES string of the molecule is c1ccc([Si](Cc2ccc3ccccc3c2)(Cc2ccc3ccccc3c2)c2ccccc2)cc1. The molecule has 0 spiro atoms. The summed E-state index contributed by atoms with van der Waals surface area (Å²) in [6, 6.07) is 56.2. The molecule has 1 heteroatoms. The van der Waals surface area contributed by atoms with Gasteiger partial charge < -0.3 is 0 Å². The van der Waals surface area contributed by atoms with Crippen LogP contribution in [0, 0.1) is 0 Å². The highest BCUT2D eigenvalue weighted by molar-refractivity contribution is 7.01. The first kappa shape index (κ1) is 21.6. The zero-order chi connectivity index (χ0) is 23.5. The van der Waals surface area contributed by atoms with Crippen molar-refractivity contribution in [2.24, 2.45) is 0 Å². The quantitative estimate of drug-likeness (QED) is 0.230. The van der Waals surface area contributed by atoms with E-state index in [4.69, 9.17) is 0 Å². The highest BCUT2D eigenvalue weighted by Gasteiger charge is 2.37. The van der Waals surface area contributed by atoms with Crippen LogP contribution in [0.4, 0.5) is 0 Å². The Morgan fingerprint density at radius 3 is 1.14 bits per heavy atom. The maximum Gasteiger partial charge on any atom is 0.126 e. The smallest absolute Gasteiger partial charge is 0.0626 e. The highest BCUT2D eigenvalue weighted by Crippen LogP contribution is 2.24. The molecule has 0 aliphatic carbocycles. The molecule has 0 aromatic heterocycles. The Morgan fingerprint density at radius 2 is 0.714 bits per heavy atom. The van der Waals surface area contributed by atoms with Gasteiger partial charge in [0.1, 0.15) is 8.07 Å². The average molecular weight is 465 g/mol. The summed E-state index contributed by atoms with van der Waals surface area (Å²) in [5.41, 5.74) is 2.84. The van der Waals surface area contributed by atoms with E-state index in [1.807, 2.05) is 0 Å². The van der Waals surface area contributed by atoms with E-state index in [2.05, 4.69) is 146 Å². The molecule has 0 aliphatic rings. The lowest BCUT2D eigenvalue weighted by atomic mass is 10.1. The molecular weight excluding hydrogens is 436 g/mol. The molecular formula is C34H28Si. The van der Waals surface area contributed by atoms with Crippen LogP contribution >= 0.6 is 0 Å². The zero-order valence-corrected chi connectivity index (χ0v) is 20.8. The van der Waals surface area contributed by atoms with Gasteiger partial charge in [-0.3, -0.25) is 0 Å². The first-order chi connectivity index (χ1) is 17.3. The van der Waals surface area contributed by atoms with E-state index in [1.165, 1.54) is 43.0 Å². The molecule has 0 bridgehead atoms. The molecule has 0 atom stereocenters. The molecule has 6 aromatic carbocycles. The molecule has 0 unspecified atom stereocenters. The van der Waals surface area contributed by atoms with Crippen LogP contribution < -0.4 is 10.4 Å². The van der Waals surface area contributed by atoms with Crippen molar-refractivity contribution in [2.75, 3.05) is 0 Å². The fourth-order valence-electron chi connectivity index (χ4n) is 5.55. The summed E-state index contributed by atoms with van der Waals surface area (Å²) in [7, 11) is -2.20. The number of rotatable bonds is 6. The van der Waals surface area contributed by atoms with Crippen molar-refractivity contribution in [3.63, 3.8) is 0 Å². The lowest BCUT2D eigenvalue weighted by Crippen LogP contribution is -2.62. The zero-order valence-electron chi connectivity index (χ0n) is 19.8. The number of fused-ring (bicyclic) bond motifs is 2. The van der Waals surface area contributed by atoms with Gasteiger partial charge in [0.2, 0.25) is 0 Å². The molecule has 35 heavy (non-hydrogen) atoms. The Morgan fingerprint density at radius 1 is 0.343 bits per heavy atom. The predicted octanol–water partition coefficient (Wildman–Crippen LogP) is 7.12. The third kappa shape index (κ3) is 4.31. The first-order valence-corrected chi connectivity index (χ1v) is 14.8. The van der Waals surface area contributed by atoms with E-state index in [-0.39, 0.29) is 0 Å². The summed E-state index contributed by atoms with van der Waals surface area (Å²) in [4.78, 5) is 0. The molecule has 0 aliphatic heterocycles. The summed E-state index contributed by atoms with van der Waals surface area (Å²) >= 11 is 0. The molecule has 0 heterocycles. The molecule has 0 nitrogen and oxygen atoms in total. The van der Waals surface area contributed by atoms with Gasteiger partial charge in [-0.05, 0) is 44.8 Å². The highest BCUT2D eigenvalue weighted by atomic mass is 28.3. The van der Waals surface area contributed by atoms with Gasteiger partial charge in [-0.2, -0.15) is 0 Å². The van der Waals surface area contributed by atoms with Crippen LogP contribution in [0.2, 0.25) is 0 Å². The van der Waals surface area contributed by atoms with Gasteiger partial charge in [-0.25, -0.2) is 0 Å². The average Bonchev–Trinajstić information content (AvgIpc) is 2.93. The number of hydrogen-bond acceptors (Lipinski definition) is 0. The van der Waals surface area contributed by atoms with Gasteiger partial charge in [0.05, 0.1) is 0 Å². The van der Waals surface area contributed by atoms with E-state index in [0.29, 0.717) is 0 Å². The summed E-state index contributed by atoms with van der Waals surface area (Å²) < 4.78 is 0. The summed E-state index contributed by atoms with van der Waals surface area (Å²) in [6.45, 7) is 0. The minimum atomic E-state index is -2.20. The van der Waals surface area contributed by atoms with E-state index in [9.17, 15) is 0 Å². The van der Waals surface area contributed by atoms with Gasteiger partial charge in [-0.15, -0.1) is 0 Å². The molecule has 0 saturated heterocycles. The van der Waals surface area contributed by atoms with E-state index >= 15 is 0 Å². The molecule has 6 aromatic rings. The maximum atomic E-state index is 2.41. The first-order valence-electron chi connectivity index (χ1n) is 12.4. The summed E-state index contributed by atoms with van der Waals surface area (Å²) in [5.74, 6) is 0. The Labute approximate surface area is 208 Å². The monoisotopic (exact) mass is 464 g/mol. The Kier molecular flexibility index (Phi) is 5.77. The predicted molar refractivity (Wildman–Crippen MR) is 153 cm³/mol. The van der Waals surface area contributed by atoms with Crippen molar-refractivity contribution in [3.8, 4) is 0 Å². The van der Waals surface area contributed by atoms with E-state index < -0.39 is 8.07 Å². The molecule has 168 valence electrons. The van der Waals surface area contributed by atoms with Gasteiger partial charge in [0.25, 0.3) is 0 Å². The van der Waals surface area contributed by atoms with E-state index in [0.717, 1.165) is 12.1 Å². The number of benzene rings is 6. The van der Waals surface area contributed by atoms with Gasteiger partial charge in [-0.1, -0.05) is 156 Å². The molecule has 0 N–H and O–H groups in total. The van der Waals surface area contributed by atoms with Crippen molar-refractivity contribution < 1.29 is 0 Å². The van der Waals surface area contributed by atoms with Crippen LogP contribution in [0.1, 0.15) is 11.1 Å². The fourth-order valence-corrected chi connectivity index (χ4v) is 10.3. The van der Waals surface area contributed by atoms with Crippen molar-refractivity contribution in [1.29, 1.82) is 0 Å². The number of hydrogen-bond donors (Lipinski definition) is 0. The van der Waals surface area contributed by atoms with Crippen LogP contribution in [-0.4, -0.2) is 8.07 Å². The molecule has 0 saturated carbocycles. The second kappa shape index (κ2) is 9.36. The van der Waals surface area contributed by atoms with Crippen molar-refractivity contribution in [3.05, 3.63) is 157 Å². The molecule has 0 amide bonds. The third-order valence-corrected chi connectivity index (χ3v) is 12.2. The topological polar surface area (TPSA) is 0 Å². The maximum absolute atomic E-state index is 2.41. The van der Waals surface area contributed by atoms with Crippen molar-refractivity contribution in [2.45, 2.75) is 12.1 Å². The minimum absolute atomic E-state index is 1.07. The minimum Gasteiger partial charge on any atom is -0.0626 e. The summed E-state index contributed by atoms with van der Waals surface area (Å²) in [6.07, 6.45) is 0. The lowest BCUT2D eigenvalue weighted by Gasteiger charge is -2.34. The molecule has 6 rings (SSSR count). The fraction of sp³-hybridized carbons (Fsp3) is 0.0588. The van der Waals surface area contributed by atoms with Crippen LogP contribution in [-0.2, 0) is 12.1 Å². The van der Waals surface area contributed by atoms with Crippen LogP contribution in [0.15, 0.2) is 146 Å². The third-order valence-electron chi connectivity index (χ3n) is 7.29. The molecule has 0 radical (unpaired) electrons. The Hall–Kier alpha value is -3.94. The van der Waals surface area contributed by atoms with Crippen molar-refractivity contribution >= 4 is 40.0 Å². The van der Waals surface area contributed by atoms with Crippen molar-refractivity contribution in [1.82, 2.24) is 0 Å². The van der Waals surface area contributed by atoms with E-state index in [1.54, 1.807) is 0 Å². The largest absolute Gasteiger partial charge is 0.126 e. The Bertz CT molecular complexity index is 1460. The van der Waals surface area contributed by atoms with Gasteiger partial charge in [0, 0.05) is 0 Å². The van der Waals surface area contributed by atoms with Crippen LogP contribution in [0.5, 0.6) is 0 Å². The lowest BCUT2D eigenvalue weighted by molar-refractivity contribution is 1.25. The summed E-state index contributed by atoms with van der Waals surface area (Å²) in [5, 5.41) is 8.23. The molecule has 0 fully saturated rings. The van der Waals surface area contributed by atoms with Crippen LogP contribution in [0.25, 0.3) is 21.5 Å².